The third-order valence-electron chi connectivity index (χ3n) is 3.76. The molecule has 3 nitrogen and oxygen atoms in total. The molecule has 20 heavy (non-hydrogen) atoms. The van der Waals surface area contributed by atoms with Gasteiger partial charge in [-0.2, -0.15) is 0 Å². The first-order chi connectivity index (χ1) is 9.58. The van der Waals surface area contributed by atoms with Gasteiger partial charge in [0.2, 0.25) is 5.79 Å². The highest BCUT2D eigenvalue weighted by Gasteiger charge is 2.44. The van der Waals surface area contributed by atoms with Crippen molar-refractivity contribution in [2.45, 2.75) is 18.3 Å². The topological polar surface area (TPSA) is 35.5 Å². The van der Waals surface area contributed by atoms with E-state index < -0.39 is 11.4 Å². The molecule has 0 bridgehead atoms. The Labute approximate surface area is 118 Å². The van der Waals surface area contributed by atoms with E-state index in [0.717, 1.165) is 11.1 Å². The minimum Gasteiger partial charge on any atom is -0.346 e. The molecular formula is C17H16O3. The van der Waals surface area contributed by atoms with Crippen molar-refractivity contribution in [2.24, 2.45) is 0 Å². The average molecular weight is 268 g/mol. The van der Waals surface area contributed by atoms with Gasteiger partial charge in [-0.05, 0) is 36.8 Å². The molecule has 3 rings (SSSR count). The van der Waals surface area contributed by atoms with Crippen molar-refractivity contribution in [3.63, 3.8) is 0 Å². The van der Waals surface area contributed by atoms with Gasteiger partial charge in [0.25, 0.3) is 0 Å². The minimum atomic E-state index is -0.993. The summed E-state index contributed by atoms with van der Waals surface area (Å²) in [6.45, 7) is 1.99. The Morgan fingerprint density at radius 2 is 1.85 bits per heavy atom. The quantitative estimate of drug-likeness (QED) is 0.827. The molecule has 102 valence electrons. The van der Waals surface area contributed by atoms with E-state index in [1.54, 1.807) is 19.3 Å². The predicted octanol–water partition coefficient (Wildman–Crippen LogP) is 2.90. The van der Waals surface area contributed by atoms with Gasteiger partial charge in [-0.1, -0.05) is 36.4 Å². The van der Waals surface area contributed by atoms with E-state index in [4.69, 9.17) is 9.47 Å². The van der Waals surface area contributed by atoms with Crippen LogP contribution in [-0.2, 0) is 19.9 Å². The van der Waals surface area contributed by atoms with Crippen LogP contribution in [0.3, 0.4) is 0 Å². The maximum atomic E-state index is 11.5. The number of fused-ring (bicyclic) bond motifs is 1. The van der Waals surface area contributed by atoms with Gasteiger partial charge in [-0.25, -0.2) is 0 Å². The summed E-state index contributed by atoms with van der Waals surface area (Å²) in [6.07, 6.45) is 8.57. The smallest absolute Gasteiger partial charge is 0.216 e. The maximum absolute atomic E-state index is 11.5. The number of allylic oxidation sites excluding steroid dienone is 2. The first kappa shape index (κ1) is 13.0. The lowest BCUT2D eigenvalue weighted by atomic mass is 9.87. The number of carbonyl (C=O) groups excluding carboxylic acids is 1. The molecule has 1 aliphatic heterocycles. The normalized spacial score (nSPS) is 31.9. The van der Waals surface area contributed by atoms with E-state index >= 15 is 0 Å². The number of benzene rings is 1. The summed E-state index contributed by atoms with van der Waals surface area (Å²) in [6, 6.07) is 9.95. The van der Waals surface area contributed by atoms with E-state index in [1.807, 2.05) is 49.4 Å². The van der Waals surface area contributed by atoms with Crippen molar-refractivity contribution < 1.29 is 14.3 Å². The molecule has 0 amide bonds. The van der Waals surface area contributed by atoms with Gasteiger partial charge in [-0.15, -0.1) is 0 Å². The Kier molecular flexibility index (Phi) is 2.96. The molecule has 0 fully saturated rings. The van der Waals surface area contributed by atoms with Crippen molar-refractivity contribution in [2.75, 3.05) is 7.11 Å². The average Bonchev–Trinajstić information content (AvgIpc) is 2.49. The summed E-state index contributed by atoms with van der Waals surface area (Å²) >= 11 is 0. The summed E-state index contributed by atoms with van der Waals surface area (Å²) in [5, 5.41) is 0. The van der Waals surface area contributed by atoms with Gasteiger partial charge in [0.1, 0.15) is 5.60 Å². The monoisotopic (exact) mass is 268 g/mol. The molecule has 0 spiro atoms. The summed E-state index contributed by atoms with van der Waals surface area (Å²) in [7, 11) is 1.58. The van der Waals surface area contributed by atoms with E-state index in [2.05, 4.69) is 0 Å². The Balaban J connectivity index is 2.08. The fourth-order valence-corrected chi connectivity index (χ4v) is 2.60. The van der Waals surface area contributed by atoms with Crippen LogP contribution < -0.4 is 0 Å². The lowest BCUT2D eigenvalue weighted by molar-refractivity contribution is -0.218. The number of methoxy groups -OCH3 is 1. The molecule has 1 aromatic rings. The highest BCUT2D eigenvalue weighted by atomic mass is 16.7. The van der Waals surface area contributed by atoms with Crippen molar-refractivity contribution in [1.29, 1.82) is 0 Å². The molecule has 3 heteroatoms. The Bertz CT molecular complexity index is 627. The molecule has 1 heterocycles. The summed E-state index contributed by atoms with van der Waals surface area (Å²) in [4.78, 5) is 11.5. The van der Waals surface area contributed by atoms with E-state index in [1.165, 1.54) is 6.08 Å². The van der Waals surface area contributed by atoms with Crippen LogP contribution in [-0.4, -0.2) is 18.7 Å². The van der Waals surface area contributed by atoms with Crippen LogP contribution in [0.5, 0.6) is 0 Å². The van der Waals surface area contributed by atoms with E-state index in [0.29, 0.717) is 0 Å². The number of hydrogen-bond acceptors (Lipinski definition) is 3. The molecule has 0 N–H and O–H groups in total. The molecular weight excluding hydrogens is 252 g/mol. The summed E-state index contributed by atoms with van der Waals surface area (Å²) in [5.74, 6) is -1.04. The SMILES string of the molecule is COC12C=CC(=O)C=C1C=CC(C)(c1ccccc1)O2. The zero-order valence-corrected chi connectivity index (χ0v) is 11.5. The van der Waals surface area contributed by atoms with Gasteiger partial charge in [-0.3, -0.25) is 4.79 Å². The number of rotatable bonds is 2. The zero-order chi connectivity index (χ0) is 14.2. The van der Waals surface area contributed by atoms with E-state index in [9.17, 15) is 4.79 Å². The van der Waals surface area contributed by atoms with Crippen molar-refractivity contribution in [3.8, 4) is 0 Å². The third-order valence-corrected chi connectivity index (χ3v) is 3.76. The Morgan fingerprint density at radius 1 is 1.10 bits per heavy atom. The van der Waals surface area contributed by atoms with E-state index in [-0.39, 0.29) is 5.78 Å². The second kappa shape index (κ2) is 4.54. The summed E-state index contributed by atoms with van der Waals surface area (Å²) < 4.78 is 11.8. The van der Waals surface area contributed by atoms with Crippen LogP contribution in [0.1, 0.15) is 12.5 Å². The summed E-state index contributed by atoms with van der Waals surface area (Å²) in [5.41, 5.74) is 1.16. The number of ether oxygens (including phenoxy) is 2. The van der Waals surface area contributed by atoms with Crippen LogP contribution in [0.15, 0.2) is 66.3 Å². The minimum absolute atomic E-state index is 0.0516. The van der Waals surface area contributed by atoms with Crippen LogP contribution in [0.25, 0.3) is 0 Å². The van der Waals surface area contributed by atoms with Crippen LogP contribution in [0.2, 0.25) is 0 Å². The number of ketones is 1. The Hall–Kier alpha value is -1.97. The fourth-order valence-electron chi connectivity index (χ4n) is 2.60. The fraction of sp³-hybridized carbons (Fsp3) is 0.235. The highest BCUT2D eigenvalue weighted by molar-refractivity contribution is 6.01. The largest absolute Gasteiger partial charge is 0.346 e. The lowest BCUT2D eigenvalue weighted by Crippen LogP contribution is -2.46. The molecule has 2 aliphatic rings. The Morgan fingerprint density at radius 3 is 2.55 bits per heavy atom. The van der Waals surface area contributed by atoms with Gasteiger partial charge in [0, 0.05) is 12.7 Å². The predicted molar refractivity (Wildman–Crippen MR) is 76.0 cm³/mol. The second-order valence-corrected chi connectivity index (χ2v) is 5.12. The zero-order valence-electron chi connectivity index (χ0n) is 11.5. The van der Waals surface area contributed by atoms with Gasteiger partial charge >= 0.3 is 0 Å². The molecule has 0 radical (unpaired) electrons. The molecule has 2 unspecified atom stereocenters. The lowest BCUT2D eigenvalue weighted by Gasteiger charge is -2.43. The molecule has 1 aliphatic carbocycles. The van der Waals surface area contributed by atoms with Crippen LogP contribution >= 0.6 is 0 Å². The second-order valence-electron chi connectivity index (χ2n) is 5.12. The van der Waals surface area contributed by atoms with Crippen molar-refractivity contribution >= 4 is 5.78 Å². The van der Waals surface area contributed by atoms with Crippen molar-refractivity contribution in [1.82, 2.24) is 0 Å². The van der Waals surface area contributed by atoms with Gasteiger partial charge < -0.3 is 9.47 Å². The van der Waals surface area contributed by atoms with Gasteiger partial charge in [0.15, 0.2) is 5.78 Å². The molecule has 0 saturated carbocycles. The van der Waals surface area contributed by atoms with Crippen LogP contribution in [0.4, 0.5) is 0 Å². The number of carbonyl (C=O) groups is 1. The highest BCUT2D eigenvalue weighted by Crippen LogP contribution is 2.42. The molecule has 0 aromatic heterocycles. The third kappa shape index (κ3) is 1.96. The maximum Gasteiger partial charge on any atom is 0.216 e. The molecule has 2 atom stereocenters. The standard InChI is InChI=1S/C17H16O3/c1-16(13-6-4-3-5-7-13)10-8-14-12-15(18)9-11-17(14,19-2)20-16/h3-12H,1-2H3. The van der Waals surface area contributed by atoms with Gasteiger partial charge in [0.05, 0.1) is 0 Å². The van der Waals surface area contributed by atoms with Crippen LogP contribution in [0, 0.1) is 0 Å². The number of hydrogen-bond donors (Lipinski definition) is 0. The first-order valence-corrected chi connectivity index (χ1v) is 6.53. The van der Waals surface area contributed by atoms with Crippen molar-refractivity contribution in [3.05, 3.63) is 71.8 Å². The first-order valence-electron chi connectivity index (χ1n) is 6.53. The molecule has 0 saturated heterocycles. The molecule has 1 aromatic carbocycles.